The molecule has 14 heavy (non-hydrogen) atoms. The summed E-state index contributed by atoms with van der Waals surface area (Å²) in [5, 5.41) is 0. The number of halogens is 3. The Morgan fingerprint density at radius 3 is 2.57 bits per heavy atom. The number of carbonyl (C=O) groups excluding carboxylic acids is 1. The van der Waals surface area contributed by atoms with Gasteiger partial charge in [-0.25, -0.2) is 8.78 Å². The zero-order valence-corrected chi connectivity index (χ0v) is 9.38. The molecule has 1 aromatic heterocycles. The third kappa shape index (κ3) is 2.17. The van der Waals surface area contributed by atoms with Crippen molar-refractivity contribution in [3.05, 3.63) is 26.6 Å². The molecule has 0 aromatic carbocycles. The van der Waals surface area contributed by atoms with Crippen LogP contribution in [0.1, 0.15) is 28.2 Å². The summed E-state index contributed by atoms with van der Waals surface area (Å²) in [5.41, 5.74) is 5.17. The van der Waals surface area contributed by atoms with Crippen molar-refractivity contribution in [2.45, 2.75) is 13.3 Å². The molecule has 1 rings (SSSR count). The van der Waals surface area contributed by atoms with Crippen molar-refractivity contribution in [2.24, 2.45) is 5.73 Å². The minimum Gasteiger partial charge on any atom is -0.366 e. The highest BCUT2D eigenvalue weighted by Gasteiger charge is 2.16. The Bertz CT molecular complexity index is 359. The highest BCUT2D eigenvalue weighted by molar-refractivity contribution is 14.1. The lowest BCUT2D eigenvalue weighted by molar-refractivity contribution is 0.0997. The molecule has 6 heteroatoms. The molecule has 0 spiro atoms. The Kier molecular flexibility index (Phi) is 3.35. The standard InChI is InChI=1S/C8H7F2IN2O/c1-3-6(8(12)14)4(11)2-5(13-3)7(9)10/h2,7H,1H3,(H2,12,14). The number of primary amides is 1. The van der Waals surface area contributed by atoms with Crippen molar-refractivity contribution in [2.75, 3.05) is 0 Å². The smallest absolute Gasteiger partial charge is 0.280 e. The van der Waals surface area contributed by atoms with Gasteiger partial charge in [-0.05, 0) is 35.6 Å². The lowest BCUT2D eigenvalue weighted by Gasteiger charge is -2.06. The Hall–Kier alpha value is -0.790. The molecule has 0 fully saturated rings. The van der Waals surface area contributed by atoms with Gasteiger partial charge in [0.25, 0.3) is 12.3 Å². The molecule has 0 unspecified atom stereocenters. The highest BCUT2D eigenvalue weighted by atomic mass is 127. The van der Waals surface area contributed by atoms with E-state index in [2.05, 4.69) is 4.98 Å². The molecule has 0 atom stereocenters. The number of nitrogens with two attached hydrogens (primary N) is 1. The van der Waals surface area contributed by atoms with Crippen molar-refractivity contribution in [3.63, 3.8) is 0 Å². The van der Waals surface area contributed by atoms with E-state index in [1.54, 1.807) is 22.6 Å². The first kappa shape index (κ1) is 11.3. The third-order valence-electron chi connectivity index (χ3n) is 1.64. The molecule has 1 amide bonds. The average molecular weight is 312 g/mol. The van der Waals surface area contributed by atoms with E-state index >= 15 is 0 Å². The van der Waals surface area contributed by atoms with E-state index in [-0.39, 0.29) is 17.0 Å². The Labute approximate surface area is 92.8 Å². The summed E-state index contributed by atoms with van der Waals surface area (Å²) in [5.74, 6) is -0.653. The molecule has 1 aromatic rings. The van der Waals surface area contributed by atoms with E-state index in [4.69, 9.17) is 5.73 Å². The Morgan fingerprint density at radius 1 is 1.64 bits per heavy atom. The van der Waals surface area contributed by atoms with Gasteiger partial charge in [0.05, 0.1) is 11.3 Å². The van der Waals surface area contributed by atoms with Crippen LogP contribution in [-0.2, 0) is 0 Å². The minimum atomic E-state index is -2.64. The predicted octanol–water partition coefficient (Wildman–Crippen LogP) is 2.03. The van der Waals surface area contributed by atoms with Crippen molar-refractivity contribution in [1.29, 1.82) is 0 Å². The zero-order chi connectivity index (χ0) is 10.9. The third-order valence-corrected chi connectivity index (χ3v) is 2.49. The highest BCUT2D eigenvalue weighted by Crippen LogP contribution is 2.22. The molecule has 1 heterocycles. The number of carbonyl (C=O) groups is 1. The predicted molar refractivity (Wildman–Crippen MR) is 55.2 cm³/mol. The maximum Gasteiger partial charge on any atom is 0.280 e. The molecule has 0 saturated heterocycles. The van der Waals surface area contributed by atoms with Crippen LogP contribution >= 0.6 is 22.6 Å². The van der Waals surface area contributed by atoms with Crippen LogP contribution in [0, 0.1) is 10.5 Å². The van der Waals surface area contributed by atoms with Crippen molar-refractivity contribution in [1.82, 2.24) is 4.98 Å². The van der Waals surface area contributed by atoms with Gasteiger partial charge < -0.3 is 5.73 Å². The normalized spacial score (nSPS) is 10.6. The van der Waals surface area contributed by atoms with E-state index in [9.17, 15) is 13.6 Å². The molecule has 3 nitrogen and oxygen atoms in total. The zero-order valence-electron chi connectivity index (χ0n) is 7.22. The SMILES string of the molecule is Cc1nc(C(F)F)cc(I)c1C(N)=O. The number of pyridine rings is 1. The quantitative estimate of drug-likeness (QED) is 0.850. The lowest BCUT2D eigenvalue weighted by Crippen LogP contribution is -2.16. The first-order valence-electron chi connectivity index (χ1n) is 3.68. The Morgan fingerprint density at radius 2 is 2.21 bits per heavy atom. The molecule has 0 bridgehead atoms. The van der Waals surface area contributed by atoms with Crippen LogP contribution in [0.15, 0.2) is 6.07 Å². The molecule has 0 saturated carbocycles. The van der Waals surface area contributed by atoms with Gasteiger partial charge in [0.1, 0.15) is 5.69 Å². The second kappa shape index (κ2) is 4.16. The Balaban J connectivity index is 3.32. The first-order chi connectivity index (χ1) is 6.43. The number of amides is 1. The van der Waals surface area contributed by atoms with Gasteiger partial charge in [-0.2, -0.15) is 0 Å². The van der Waals surface area contributed by atoms with Crippen LogP contribution in [0.4, 0.5) is 8.78 Å². The minimum absolute atomic E-state index is 0.204. The summed E-state index contributed by atoms with van der Waals surface area (Å²) >= 11 is 1.79. The lowest BCUT2D eigenvalue weighted by atomic mass is 10.2. The molecule has 2 N–H and O–H groups in total. The summed E-state index contributed by atoms with van der Waals surface area (Å²) in [4.78, 5) is 14.5. The van der Waals surface area contributed by atoms with Crippen LogP contribution in [0.2, 0.25) is 0 Å². The number of hydrogen-bond donors (Lipinski definition) is 1. The van der Waals surface area contributed by atoms with Crippen LogP contribution in [-0.4, -0.2) is 10.9 Å². The van der Waals surface area contributed by atoms with Crippen molar-refractivity contribution in [3.8, 4) is 0 Å². The second-order valence-electron chi connectivity index (χ2n) is 2.65. The maximum absolute atomic E-state index is 12.3. The van der Waals surface area contributed by atoms with E-state index in [0.29, 0.717) is 3.57 Å². The van der Waals surface area contributed by atoms with Crippen LogP contribution < -0.4 is 5.73 Å². The number of hydrogen-bond acceptors (Lipinski definition) is 2. The summed E-state index contributed by atoms with van der Waals surface area (Å²) in [7, 11) is 0. The van der Waals surface area contributed by atoms with Gasteiger partial charge in [0.15, 0.2) is 0 Å². The number of aromatic nitrogens is 1. The van der Waals surface area contributed by atoms with Gasteiger partial charge in [-0.15, -0.1) is 0 Å². The van der Waals surface area contributed by atoms with Crippen LogP contribution in [0.25, 0.3) is 0 Å². The topological polar surface area (TPSA) is 56.0 Å². The van der Waals surface area contributed by atoms with Crippen LogP contribution in [0.3, 0.4) is 0 Å². The van der Waals surface area contributed by atoms with E-state index in [0.717, 1.165) is 0 Å². The monoisotopic (exact) mass is 312 g/mol. The van der Waals surface area contributed by atoms with Gasteiger partial charge >= 0.3 is 0 Å². The van der Waals surface area contributed by atoms with Crippen LogP contribution in [0.5, 0.6) is 0 Å². The second-order valence-corrected chi connectivity index (χ2v) is 3.82. The number of rotatable bonds is 2. The molecule has 0 radical (unpaired) electrons. The number of aryl methyl sites for hydroxylation is 1. The van der Waals surface area contributed by atoms with Gasteiger partial charge in [-0.1, -0.05) is 0 Å². The molecule has 76 valence electrons. The molecular formula is C8H7F2IN2O. The van der Waals surface area contributed by atoms with Crippen molar-refractivity contribution >= 4 is 28.5 Å². The average Bonchev–Trinajstić information content (AvgIpc) is 2.01. The maximum atomic E-state index is 12.3. The summed E-state index contributed by atoms with van der Waals surface area (Å²) in [6.07, 6.45) is -2.64. The van der Waals surface area contributed by atoms with Crippen molar-refractivity contribution < 1.29 is 13.6 Å². The molecule has 0 aliphatic carbocycles. The van der Waals surface area contributed by atoms with E-state index < -0.39 is 12.3 Å². The fourth-order valence-electron chi connectivity index (χ4n) is 1.06. The van der Waals surface area contributed by atoms with Gasteiger partial charge in [-0.3, -0.25) is 9.78 Å². The first-order valence-corrected chi connectivity index (χ1v) is 4.76. The number of nitrogens with zero attached hydrogens (tertiary/aromatic N) is 1. The van der Waals surface area contributed by atoms with Gasteiger partial charge in [0, 0.05) is 3.57 Å². The van der Waals surface area contributed by atoms with Gasteiger partial charge in [0.2, 0.25) is 0 Å². The largest absolute Gasteiger partial charge is 0.366 e. The van der Waals surface area contributed by atoms with E-state index in [1.165, 1.54) is 13.0 Å². The fraction of sp³-hybridized carbons (Fsp3) is 0.250. The van der Waals surface area contributed by atoms with E-state index in [1.807, 2.05) is 0 Å². The molecular weight excluding hydrogens is 305 g/mol. The molecule has 0 aliphatic heterocycles. The fourth-order valence-corrected chi connectivity index (χ4v) is 2.04. The summed E-state index contributed by atoms with van der Waals surface area (Å²) in [6.45, 7) is 1.48. The summed E-state index contributed by atoms with van der Waals surface area (Å²) in [6, 6.07) is 1.16. The number of alkyl halides is 2. The molecule has 0 aliphatic rings. The summed E-state index contributed by atoms with van der Waals surface area (Å²) < 4.78 is 25.0.